The van der Waals surface area contributed by atoms with Crippen LogP contribution in [0.5, 0.6) is 5.75 Å². The summed E-state index contributed by atoms with van der Waals surface area (Å²) < 4.78 is 7.56. The third-order valence-corrected chi connectivity index (χ3v) is 6.73. The SMILES string of the molecule is Cc1nn(Cc2ccccc2)c(C)c1CNC(=O)CN1C(=O)NC2(CCOc3ccccc32)C1=O. The Balaban J connectivity index is 1.26. The summed E-state index contributed by atoms with van der Waals surface area (Å²) in [5.41, 5.74) is 3.26. The van der Waals surface area contributed by atoms with E-state index in [2.05, 4.69) is 15.7 Å². The lowest BCUT2D eigenvalue weighted by atomic mass is 9.84. The number of aryl methyl sites for hydroxylation is 1. The summed E-state index contributed by atoms with van der Waals surface area (Å²) in [5, 5.41) is 10.3. The van der Waals surface area contributed by atoms with Gasteiger partial charge in [-0.15, -0.1) is 0 Å². The lowest BCUT2D eigenvalue weighted by Crippen LogP contribution is -2.48. The lowest BCUT2D eigenvalue weighted by molar-refractivity contribution is -0.136. The molecule has 1 spiro atoms. The van der Waals surface area contributed by atoms with Crippen molar-refractivity contribution in [1.82, 2.24) is 25.3 Å². The van der Waals surface area contributed by atoms with E-state index in [0.29, 0.717) is 30.9 Å². The Bertz CT molecular complexity index is 1300. The van der Waals surface area contributed by atoms with Crippen LogP contribution >= 0.6 is 0 Å². The smallest absolute Gasteiger partial charge is 0.325 e. The summed E-state index contributed by atoms with van der Waals surface area (Å²) in [7, 11) is 0. The quantitative estimate of drug-likeness (QED) is 0.535. The summed E-state index contributed by atoms with van der Waals surface area (Å²) in [6.45, 7) is 4.71. The number of imide groups is 1. The van der Waals surface area contributed by atoms with Crippen molar-refractivity contribution in [3.63, 3.8) is 0 Å². The molecule has 0 saturated carbocycles. The molecule has 9 nitrogen and oxygen atoms in total. The van der Waals surface area contributed by atoms with E-state index in [4.69, 9.17) is 4.74 Å². The number of aromatic nitrogens is 2. The molecule has 35 heavy (non-hydrogen) atoms. The van der Waals surface area contributed by atoms with Crippen molar-refractivity contribution in [3.05, 3.63) is 82.7 Å². The molecule has 1 saturated heterocycles. The van der Waals surface area contributed by atoms with E-state index in [-0.39, 0.29) is 13.1 Å². The van der Waals surface area contributed by atoms with Crippen molar-refractivity contribution >= 4 is 17.8 Å². The summed E-state index contributed by atoms with van der Waals surface area (Å²) in [5.74, 6) is -0.283. The number of nitrogens with one attached hydrogen (secondary N) is 2. The van der Waals surface area contributed by atoms with Gasteiger partial charge in [0.25, 0.3) is 5.91 Å². The average molecular weight is 474 g/mol. The highest BCUT2D eigenvalue weighted by atomic mass is 16.5. The Kier molecular flexibility index (Phi) is 5.76. The monoisotopic (exact) mass is 473 g/mol. The number of carbonyl (C=O) groups excluding carboxylic acids is 3. The molecule has 2 aliphatic heterocycles. The number of fused-ring (bicyclic) bond motifs is 2. The van der Waals surface area contributed by atoms with Crippen LogP contribution in [0.1, 0.15) is 34.5 Å². The molecule has 9 heteroatoms. The van der Waals surface area contributed by atoms with Gasteiger partial charge in [0, 0.05) is 29.8 Å². The van der Waals surface area contributed by atoms with Crippen LogP contribution in [0, 0.1) is 13.8 Å². The van der Waals surface area contributed by atoms with Crippen LogP contribution in [0.25, 0.3) is 0 Å². The molecule has 1 unspecified atom stereocenters. The second kappa shape index (κ2) is 8.90. The summed E-state index contributed by atoms with van der Waals surface area (Å²) in [6.07, 6.45) is 0.311. The molecule has 1 atom stereocenters. The molecular weight excluding hydrogens is 446 g/mol. The molecule has 2 aliphatic rings. The van der Waals surface area contributed by atoms with Gasteiger partial charge >= 0.3 is 6.03 Å². The third kappa shape index (κ3) is 4.03. The van der Waals surface area contributed by atoms with Crippen LogP contribution in [0.2, 0.25) is 0 Å². The third-order valence-electron chi connectivity index (χ3n) is 6.73. The van der Waals surface area contributed by atoms with E-state index in [1.807, 2.05) is 54.9 Å². The molecule has 1 fully saturated rings. The molecule has 0 aliphatic carbocycles. The largest absolute Gasteiger partial charge is 0.493 e. The van der Waals surface area contributed by atoms with Gasteiger partial charge < -0.3 is 15.4 Å². The Hall–Kier alpha value is -4.14. The fourth-order valence-corrected chi connectivity index (χ4v) is 4.80. The van der Waals surface area contributed by atoms with Gasteiger partial charge in [-0.05, 0) is 25.5 Å². The van der Waals surface area contributed by atoms with E-state index in [1.165, 1.54) is 0 Å². The number of ether oxygens (including phenoxy) is 1. The number of para-hydroxylation sites is 1. The predicted octanol–water partition coefficient (Wildman–Crippen LogP) is 2.39. The van der Waals surface area contributed by atoms with E-state index >= 15 is 0 Å². The van der Waals surface area contributed by atoms with Gasteiger partial charge in [-0.3, -0.25) is 19.2 Å². The van der Waals surface area contributed by atoms with Crippen molar-refractivity contribution in [1.29, 1.82) is 0 Å². The number of benzene rings is 2. The Morgan fingerprint density at radius 1 is 1.11 bits per heavy atom. The van der Waals surface area contributed by atoms with Crippen LogP contribution in [-0.4, -0.2) is 45.7 Å². The van der Waals surface area contributed by atoms with Gasteiger partial charge in [0.05, 0.1) is 18.8 Å². The fraction of sp³-hybridized carbons (Fsp3) is 0.308. The first kappa shape index (κ1) is 22.6. The lowest BCUT2D eigenvalue weighted by Gasteiger charge is -2.33. The zero-order valence-corrected chi connectivity index (χ0v) is 19.7. The maximum Gasteiger partial charge on any atom is 0.325 e. The molecule has 180 valence electrons. The van der Waals surface area contributed by atoms with Crippen LogP contribution in [0.3, 0.4) is 0 Å². The zero-order chi connectivity index (χ0) is 24.6. The Morgan fingerprint density at radius 2 is 1.86 bits per heavy atom. The average Bonchev–Trinajstić information content (AvgIpc) is 3.25. The predicted molar refractivity (Wildman–Crippen MR) is 128 cm³/mol. The van der Waals surface area contributed by atoms with Gasteiger partial charge in [-0.1, -0.05) is 48.5 Å². The number of nitrogens with zero attached hydrogens (tertiary/aromatic N) is 3. The molecule has 1 aromatic heterocycles. The van der Waals surface area contributed by atoms with E-state index in [9.17, 15) is 14.4 Å². The fourth-order valence-electron chi connectivity index (χ4n) is 4.80. The van der Waals surface area contributed by atoms with E-state index < -0.39 is 23.4 Å². The molecule has 4 amide bonds. The van der Waals surface area contributed by atoms with Gasteiger partial charge in [0.2, 0.25) is 5.91 Å². The van der Waals surface area contributed by atoms with E-state index in [1.54, 1.807) is 18.2 Å². The van der Waals surface area contributed by atoms with Gasteiger partial charge in [-0.25, -0.2) is 4.79 Å². The van der Waals surface area contributed by atoms with Crippen molar-refractivity contribution in [2.24, 2.45) is 0 Å². The van der Waals surface area contributed by atoms with Crippen molar-refractivity contribution in [2.75, 3.05) is 13.2 Å². The number of urea groups is 1. The molecule has 0 radical (unpaired) electrons. The topological polar surface area (TPSA) is 106 Å². The molecule has 3 aromatic rings. The maximum atomic E-state index is 13.3. The minimum atomic E-state index is -1.20. The van der Waals surface area contributed by atoms with Crippen molar-refractivity contribution < 1.29 is 19.1 Å². The number of hydrogen-bond acceptors (Lipinski definition) is 5. The molecule has 0 bridgehead atoms. The number of hydrogen-bond donors (Lipinski definition) is 2. The van der Waals surface area contributed by atoms with Gasteiger partial charge in [0.1, 0.15) is 12.3 Å². The molecule has 5 rings (SSSR count). The second-order valence-electron chi connectivity index (χ2n) is 8.89. The second-order valence-corrected chi connectivity index (χ2v) is 8.89. The van der Waals surface area contributed by atoms with E-state index in [0.717, 1.165) is 27.4 Å². The summed E-state index contributed by atoms with van der Waals surface area (Å²) in [4.78, 5) is 39.8. The maximum absolute atomic E-state index is 13.3. The summed E-state index contributed by atoms with van der Waals surface area (Å²) in [6, 6.07) is 16.6. The summed E-state index contributed by atoms with van der Waals surface area (Å²) >= 11 is 0. The standard InChI is InChI=1S/C26H27N5O4/c1-17-20(18(2)31(29-17)15-19-8-4-3-5-9-19)14-27-23(32)16-30-24(33)26(28-25(30)34)12-13-35-22-11-7-6-10-21(22)26/h3-11H,12-16H2,1-2H3,(H,27,32)(H,28,34). The molecule has 2 N–H and O–H groups in total. The van der Waals surface area contributed by atoms with Crippen LogP contribution in [-0.2, 0) is 28.2 Å². The number of amides is 4. The van der Waals surface area contributed by atoms with Crippen molar-refractivity contribution in [2.45, 2.75) is 38.9 Å². The highest BCUT2D eigenvalue weighted by molar-refractivity contribution is 6.09. The first-order valence-electron chi connectivity index (χ1n) is 11.6. The van der Waals surface area contributed by atoms with Crippen molar-refractivity contribution in [3.8, 4) is 5.75 Å². The van der Waals surface area contributed by atoms with Crippen LogP contribution in [0.15, 0.2) is 54.6 Å². The minimum Gasteiger partial charge on any atom is -0.493 e. The van der Waals surface area contributed by atoms with Gasteiger partial charge in [-0.2, -0.15) is 5.10 Å². The number of rotatable bonds is 6. The first-order valence-corrected chi connectivity index (χ1v) is 11.6. The van der Waals surface area contributed by atoms with Crippen LogP contribution < -0.4 is 15.4 Å². The minimum absolute atomic E-state index is 0.261. The van der Waals surface area contributed by atoms with Crippen LogP contribution in [0.4, 0.5) is 4.79 Å². The normalized spacial score (nSPS) is 18.9. The Morgan fingerprint density at radius 3 is 2.66 bits per heavy atom. The molecular formula is C26H27N5O4. The van der Waals surface area contributed by atoms with Gasteiger partial charge in [0.15, 0.2) is 5.54 Å². The molecule has 2 aromatic carbocycles. The first-order chi connectivity index (χ1) is 16.9. The zero-order valence-electron chi connectivity index (χ0n) is 19.7. The highest BCUT2D eigenvalue weighted by Gasteiger charge is 2.55. The molecule has 3 heterocycles. The highest BCUT2D eigenvalue weighted by Crippen LogP contribution is 2.40. The Labute approximate surface area is 203 Å². The number of carbonyl (C=O) groups is 3.